The number of unbranched alkanes of at least 4 members (excludes halogenated alkanes) is 1. The minimum absolute atomic E-state index is 0.00160. The van der Waals surface area contributed by atoms with E-state index in [1.54, 1.807) is 6.07 Å². The maximum atomic E-state index is 12.0. The van der Waals surface area contributed by atoms with Crippen molar-refractivity contribution in [3.63, 3.8) is 0 Å². The topological polar surface area (TPSA) is 32.8 Å². The van der Waals surface area contributed by atoms with E-state index in [0.717, 1.165) is 37.0 Å². The van der Waals surface area contributed by atoms with Gasteiger partial charge in [0.25, 0.3) is 5.24 Å². The molecule has 1 saturated heterocycles. The Bertz CT molecular complexity index is 1010. The summed E-state index contributed by atoms with van der Waals surface area (Å²) in [7, 11) is -1.80. The van der Waals surface area contributed by atoms with Crippen LogP contribution in [0.25, 0.3) is 0 Å². The molecule has 0 aliphatic carbocycles. The Labute approximate surface area is 218 Å². The lowest BCUT2D eigenvalue weighted by Gasteiger charge is -2.47. The van der Waals surface area contributed by atoms with E-state index in [2.05, 4.69) is 80.6 Å². The lowest BCUT2D eigenvalue weighted by Crippen LogP contribution is -2.57. The van der Waals surface area contributed by atoms with Crippen molar-refractivity contribution >= 4 is 25.2 Å². The molecule has 1 fully saturated rings. The van der Waals surface area contributed by atoms with Gasteiger partial charge in [0, 0.05) is 37.3 Å². The molecule has 2 aromatic carbocycles. The Morgan fingerprint density at radius 3 is 2.49 bits per heavy atom. The minimum atomic E-state index is -1.80. The van der Waals surface area contributed by atoms with Crippen LogP contribution in [0.5, 0.6) is 5.75 Å². The van der Waals surface area contributed by atoms with Gasteiger partial charge in [0.2, 0.25) is 8.32 Å². The molecule has 1 aliphatic rings. The van der Waals surface area contributed by atoms with Gasteiger partial charge in [0.05, 0.1) is 6.04 Å². The number of hydrogen-bond donors (Lipinski definition) is 0. The summed E-state index contributed by atoms with van der Waals surface area (Å²) < 4.78 is 6.60. The van der Waals surface area contributed by atoms with E-state index in [1.807, 2.05) is 18.2 Å². The molecule has 0 unspecified atom stereocenters. The summed E-state index contributed by atoms with van der Waals surface area (Å²) in [4.78, 5) is 17.0. The van der Waals surface area contributed by atoms with E-state index < -0.39 is 13.6 Å². The van der Waals surface area contributed by atoms with E-state index in [-0.39, 0.29) is 6.04 Å². The number of rotatable bonds is 11. The molecule has 0 amide bonds. The molecule has 3 rings (SSSR count). The lowest BCUT2D eigenvalue weighted by atomic mass is 9.92. The van der Waals surface area contributed by atoms with E-state index >= 15 is 0 Å². The first kappa shape index (κ1) is 27.7. The molecule has 35 heavy (non-hydrogen) atoms. The van der Waals surface area contributed by atoms with Crippen molar-refractivity contribution in [2.45, 2.75) is 70.9 Å². The highest BCUT2D eigenvalue weighted by atomic mass is 35.5. The third-order valence-corrected chi connectivity index (χ3v) is 9.55. The Hall–Kier alpha value is -1.92. The van der Waals surface area contributed by atoms with Gasteiger partial charge in [-0.1, -0.05) is 56.2 Å². The Morgan fingerprint density at radius 2 is 1.83 bits per heavy atom. The van der Waals surface area contributed by atoms with Gasteiger partial charge in [-0.25, -0.2) is 0 Å². The standard InChI is InChI=1S/C29H41ClN2O2Si/c1-7-9-17-35(5,6)34-27-15-11-13-25(19-27)28(24-12-10-14-26(18-24)29(30)33)32-21-22(3)31(16-8-2)20-23(32)4/h8,10-15,18-19,22-23,28H,2,7,9,16-17,20-21H2,1,3-6H3/t22-,23+,28-/m1/s1. The van der Waals surface area contributed by atoms with Crippen LogP contribution in [0, 0.1) is 0 Å². The SMILES string of the molecule is C=CCN1C[C@H](C)N([C@@H](c2cccc(O[Si](C)(C)CCCC)c2)c2cccc(C(=O)Cl)c2)C[C@H]1C. The summed E-state index contributed by atoms with van der Waals surface area (Å²) in [5.74, 6) is 0.941. The zero-order chi connectivity index (χ0) is 25.6. The summed E-state index contributed by atoms with van der Waals surface area (Å²) in [6.07, 6.45) is 4.37. The largest absolute Gasteiger partial charge is 0.544 e. The molecule has 2 aromatic rings. The van der Waals surface area contributed by atoms with Crippen molar-refractivity contribution in [1.82, 2.24) is 9.80 Å². The monoisotopic (exact) mass is 512 g/mol. The maximum Gasteiger partial charge on any atom is 0.252 e. The molecular formula is C29H41ClN2O2Si. The lowest BCUT2D eigenvalue weighted by molar-refractivity contribution is 0.0306. The molecule has 0 N–H and O–H groups in total. The van der Waals surface area contributed by atoms with E-state index in [4.69, 9.17) is 16.0 Å². The number of carbonyl (C=O) groups is 1. The maximum absolute atomic E-state index is 12.0. The van der Waals surface area contributed by atoms with Crippen molar-refractivity contribution in [3.8, 4) is 5.75 Å². The summed E-state index contributed by atoms with van der Waals surface area (Å²) in [5.41, 5.74) is 2.78. The third kappa shape index (κ3) is 7.29. The molecule has 6 heteroatoms. The van der Waals surface area contributed by atoms with Gasteiger partial charge in [-0.15, -0.1) is 6.58 Å². The van der Waals surface area contributed by atoms with Crippen LogP contribution in [0.4, 0.5) is 0 Å². The van der Waals surface area contributed by atoms with Crippen molar-refractivity contribution in [1.29, 1.82) is 0 Å². The number of piperazine rings is 1. The zero-order valence-corrected chi connectivity index (χ0v) is 23.7. The van der Waals surface area contributed by atoms with Crippen LogP contribution in [-0.2, 0) is 0 Å². The van der Waals surface area contributed by atoms with Gasteiger partial charge in [-0.3, -0.25) is 14.6 Å². The van der Waals surface area contributed by atoms with Crippen LogP contribution in [0.2, 0.25) is 19.1 Å². The van der Waals surface area contributed by atoms with Crippen LogP contribution in [-0.4, -0.2) is 55.1 Å². The first-order valence-corrected chi connectivity index (χ1v) is 16.3. The molecular weight excluding hydrogens is 472 g/mol. The van der Waals surface area contributed by atoms with E-state index in [1.165, 1.54) is 18.4 Å². The number of nitrogens with zero attached hydrogens (tertiary/aromatic N) is 2. The quantitative estimate of drug-likeness (QED) is 0.182. The van der Waals surface area contributed by atoms with Crippen LogP contribution in [0.3, 0.4) is 0 Å². The second kappa shape index (κ2) is 12.4. The molecule has 0 saturated carbocycles. The van der Waals surface area contributed by atoms with Gasteiger partial charge in [0.15, 0.2) is 0 Å². The molecule has 0 bridgehead atoms. The van der Waals surface area contributed by atoms with Crippen LogP contribution in [0.15, 0.2) is 61.2 Å². The van der Waals surface area contributed by atoms with E-state index in [9.17, 15) is 4.79 Å². The number of halogens is 1. The van der Waals surface area contributed by atoms with Crippen molar-refractivity contribution < 1.29 is 9.22 Å². The second-order valence-corrected chi connectivity index (χ2v) is 15.0. The van der Waals surface area contributed by atoms with Gasteiger partial charge >= 0.3 is 0 Å². The third-order valence-electron chi connectivity index (χ3n) is 6.99. The summed E-state index contributed by atoms with van der Waals surface area (Å²) >= 11 is 5.87. The molecule has 3 atom stereocenters. The molecule has 1 heterocycles. The molecule has 0 spiro atoms. The van der Waals surface area contributed by atoms with Crippen LogP contribution in [0.1, 0.15) is 61.1 Å². The molecule has 4 nitrogen and oxygen atoms in total. The first-order valence-electron chi connectivity index (χ1n) is 12.8. The van der Waals surface area contributed by atoms with Crippen molar-refractivity contribution in [2.24, 2.45) is 0 Å². The van der Waals surface area contributed by atoms with Crippen LogP contribution >= 0.6 is 11.6 Å². The van der Waals surface area contributed by atoms with Gasteiger partial charge < -0.3 is 4.43 Å². The fourth-order valence-electron chi connectivity index (χ4n) is 5.13. The number of carbonyl (C=O) groups excluding carboxylic acids is 1. The van der Waals surface area contributed by atoms with E-state index in [0.29, 0.717) is 17.6 Å². The Kier molecular flexibility index (Phi) is 9.76. The highest BCUT2D eigenvalue weighted by Gasteiger charge is 2.35. The highest BCUT2D eigenvalue weighted by molar-refractivity contribution is 6.71. The Morgan fingerprint density at radius 1 is 1.14 bits per heavy atom. The summed E-state index contributed by atoms with van der Waals surface area (Å²) in [5, 5.41) is -0.427. The highest BCUT2D eigenvalue weighted by Crippen LogP contribution is 2.36. The van der Waals surface area contributed by atoms with Crippen LogP contribution < -0.4 is 4.43 Å². The average molecular weight is 513 g/mol. The Balaban J connectivity index is 2.01. The minimum Gasteiger partial charge on any atom is -0.544 e. The fourth-order valence-corrected chi connectivity index (χ4v) is 7.32. The van der Waals surface area contributed by atoms with Gasteiger partial charge in [-0.2, -0.15) is 0 Å². The molecule has 0 radical (unpaired) electrons. The zero-order valence-electron chi connectivity index (χ0n) is 22.0. The average Bonchev–Trinajstić information content (AvgIpc) is 2.81. The normalized spacial score (nSPS) is 20.4. The predicted molar refractivity (Wildman–Crippen MR) is 150 cm³/mol. The number of hydrogen-bond acceptors (Lipinski definition) is 4. The first-order chi connectivity index (χ1) is 16.6. The van der Waals surface area contributed by atoms with Crippen molar-refractivity contribution in [3.05, 3.63) is 77.9 Å². The number of benzene rings is 2. The van der Waals surface area contributed by atoms with Crippen molar-refractivity contribution in [2.75, 3.05) is 19.6 Å². The fraction of sp³-hybridized carbons (Fsp3) is 0.483. The molecule has 1 aliphatic heterocycles. The van der Waals surface area contributed by atoms with Gasteiger partial charge in [0.1, 0.15) is 5.75 Å². The smallest absolute Gasteiger partial charge is 0.252 e. The second-order valence-electron chi connectivity index (χ2n) is 10.5. The summed E-state index contributed by atoms with van der Waals surface area (Å²) in [6, 6.07) is 18.2. The predicted octanol–water partition coefficient (Wildman–Crippen LogP) is 7.12. The molecule has 0 aromatic heterocycles. The summed E-state index contributed by atoms with van der Waals surface area (Å²) in [6.45, 7) is 18.1. The molecule has 190 valence electrons. The van der Waals surface area contributed by atoms with Gasteiger partial charge in [-0.05, 0) is 73.9 Å².